The Morgan fingerprint density at radius 3 is 2.74 bits per heavy atom. The molecule has 0 spiro atoms. The van der Waals surface area contributed by atoms with Gasteiger partial charge in [-0.15, -0.1) is 0 Å². The Kier molecular flexibility index (Phi) is 3.64. The minimum absolute atomic E-state index is 0.957. The van der Waals surface area contributed by atoms with Crippen molar-refractivity contribution in [3.05, 3.63) is 52.6 Å². The van der Waals surface area contributed by atoms with Crippen LogP contribution in [0.2, 0.25) is 0 Å². The summed E-state index contributed by atoms with van der Waals surface area (Å²) in [6.07, 6.45) is 3.77. The van der Waals surface area contributed by atoms with Crippen LogP contribution in [0, 0.1) is 6.92 Å². The van der Waals surface area contributed by atoms with Crippen molar-refractivity contribution >= 4 is 11.4 Å². The van der Waals surface area contributed by atoms with Crippen LogP contribution >= 0.6 is 0 Å². The van der Waals surface area contributed by atoms with Gasteiger partial charge in [0.05, 0.1) is 18.5 Å². The Balaban J connectivity index is 1.63. The third-order valence-electron chi connectivity index (χ3n) is 5.08. The molecule has 1 aliphatic heterocycles. The number of aryl methyl sites for hydroxylation is 3. The number of hydrogen-bond donors (Lipinski definition) is 1. The summed E-state index contributed by atoms with van der Waals surface area (Å²) in [5.74, 6) is 0.965. The van der Waals surface area contributed by atoms with E-state index in [1.165, 1.54) is 41.8 Å². The molecule has 120 valence electrons. The number of ether oxygens (including phenoxy) is 1. The van der Waals surface area contributed by atoms with E-state index in [9.17, 15) is 0 Å². The van der Waals surface area contributed by atoms with Crippen LogP contribution in [-0.4, -0.2) is 20.2 Å². The first-order valence-electron chi connectivity index (χ1n) is 8.53. The number of fused-ring (bicyclic) bond motifs is 2. The summed E-state index contributed by atoms with van der Waals surface area (Å²) in [7, 11) is 1.73. The third kappa shape index (κ3) is 2.65. The largest absolute Gasteiger partial charge is 0.496 e. The summed E-state index contributed by atoms with van der Waals surface area (Å²) >= 11 is 0. The molecule has 0 unspecified atom stereocenters. The van der Waals surface area contributed by atoms with Crippen LogP contribution in [0.15, 0.2) is 30.3 Å². The van der Waals surface area contributed by atoms with E-state index in [1.54, 1.807) is 18.2 Å². The van der Waals surface area contributed by atoms with Gasteiger partial charge in [0.1, 0.15) is 5.75 Å². The van der Waals surface area contributed by atoms with E-state index in [4.69, 9.17) is 4.74 Å². The van der Waals surface area contributed by atoms with Gasteiger partial charge in [0.15, 0.2) is 0 Å². The fourth-order valence-electron chi connectivity index (χ4n) is 3.88. The smallest absolute Gasteiger partial charge is 0.121 e. The minimum Gasteiger partial charge on any atom is -0.496 e. The lowest BCUT2D eigenvalue weighted by Crippen LogP contribution is -2.33. The van der Waals surface area contributed by atoms with E-state index in [0.29, 0.717) is 0 Å². The zero-order valence-electron chi connectivity index (χ0n) is 14.0. The van der Waals surface area contributed by atoms with E-state index >= 15 is 0 Å². The first-order chi connectivity index (χ1) is 11.2. The van der Waals surface area contributed by atoms with Gasteiger partial charge in [0, 0.05) is 19.6 Å². The molecule has 3 nitrogen and oxygen atoms in total. The molecule has 4 rings (SSSR count). The van der Waals surface area contributed by atoms with Crippen molar-refractivity contribution in [1.29, 1.82) is 0 Å². The molecule has 0 radical (unpaired) electrons. The molecule has 2 aliphatic rings. The second-order valence-electron chi connectivity index (χ2n) is 6.64. The molecule has 0 bridgehead atoms. The molecule has 0 saturated heterocycles. The molecule has 2 aromatic rings. The van der Waals surface area contributed by atoms with Crippen molar-refractivity contribution < 1.29 is 4.74 Å². The van der Waals surface area contributed by atoms with Gasteiger partial charge in [-0.25, -0.2) is 0 Å². The minimum atomic E-state index is 0.957. The Morgan fingerprint density at radius 2 is 1.96 bits per heavy atom. The summed E-state index contributed by atoms with van der Waals surface area (Å²) in [4.78, 5) is 2.51. The maximum Gasteiger partial charge on any atom is 0.121 e. The molecule has 0 amide bonds. The highest BCUT2D eigenvalue weighted by atomic mass is 16.5. The van der Waals surface area contributed by atoms with Crippen LogP contribution in [0.1, 0.15) is 28.7 Å². The molecule has 0 atom stereocenters. The molecule has 2 aromatic carbocycles. The van der Waals surface area contributed by atoms with Crippen LogP contribution in [0.5, 0.6) is 5.75 Å². The van der Waals surface area contributed by atoms with Gasteiger partial charge in [-0.3, -0.25) is 0 Å². The highest BCUT2D eigenvalue weighted by molar-refractivity contribution is 5.74. The summed E-state index contributed by atoms with van der Waals surface area (Å²) < 4.78 is 5.37. The van der Waals surface area contributed by atoms with Crippen molar-refractivity contribution in [2.24, 2.45) is 0 Å². The molecule has 23 heavy (non-hydrogen) atoms. The predicted molar refractivity (Wildman–Crippen MR) is 95.7 cm³/mol. The van der Waals surface area contributed by atoms with Gasteiger partial charge in [0.25, 0.3) is 0 Å². The third-order valence-corrected chi connectivity index (χ3v) is 5.08. The van der Waals surface area contributed by atoms with E-state index in [2.05, 4.69) is 47.5 Å². The number of nitrogens with zero attached hydrogens (tertiary/aromatic N) is 1. The summed E-state index contributed by atoms with van der Waals surface area (Å²) in [6.45, 7) is 5.14. The average Bonchev–Trinajstić information content (AvgIpc) is 3.01. The zero-order chi connectivity index (χ0) is 15.8. The number of nitrogens with one attached hydrogen (secondary N) is 1. The lowest BCUT2D eigenvalue weighted by atomic mass is 10.0. The van der Waals surface area contributed by atoms with Gasteiger partial charge < -0.3 is 15.0 Å². The molecule has 1 heterocycles. The maximum absolute atomic E-state index is 5.37. The highest BCUT2D eigenvalue weighted by Crippen LogP contribution is 2.36. The van der Waals surface area contributed by atoms with Crippen LogP contribution in [-0.2, 0) is 19.4 Å². The van der Waals surface area contributed by atoms with Gasteiger partial charge in [0.2, 0.25) is 0 Å². The zero-order valence-corrected chi connectivity index (χ0v) is 14.0. The molecule has 0 saturated carbocycles. The van der Waals surface area contributed by atoms with Crippen molar-refractivity contribution in [2.45, 2.75) is 32.7 Å². The number of anilines is 2. The second-order valence-corrected chi connectivity index (χ2v) is 6.64. The predicted octanol–water partition coefficient (Wildman–Crippen LogP) is 3.92. The van der Waals surface area contributed by atoms with Gasteiger partial charge in [-0.1, -0.05) is 12.1 Å². The fourth-order valence-corrected chi connectivity index (χ4v) is 3.88. The summed E-state index contributed by atoms with van der Waals surface area (Å²) in [6, 6.07) is 11.3. The Bertz CT molecular complexity index is 739. The van der Waals surface area contributed by atoms with E-state index in [-0.39, 0.29) is 0 Å². The Hall–Kier alpha value is -2.16. The number of rotatable bonds is 3. The quantitative estimate of drug-likeness (QED) is 0.930. The molecule has 0 fully saturated rings. The SMILES string of the molecule is COc1ccc(CN2CCNc3cc4c(cc32)CCC4)cc1C. The van der Waals surface area contributed by atoms with Crippen molar-refractivity contribution in [3.8, 4) is 5.75 Å². The van der Waals surface area contributed by atoms with E-state index in [0.717, 1.165) is 25.4 Å². The van der Waals surface area contributed by atoms with Crippen LogP contribution in [0.4, 0.5) is 11.4 Å². The lowest BCUT2D eigenvalue weighted by Gasteiger charge is -2.33. The molecular weight excluding hydrogens is 284 g/mol. The van der Waals surface area contributed by atoms with Crippen molar-refractivity contribution in [3.63, 3.8) is 0 Å². The molecule has 1 aliphatic carbocycles. The molecule has 1 N–H and O–H groups in total. The molecule has 0 aromatic heterocycles. The topological polar surface area (TPSA) is 24.5 Å². The fraction of sp³-hybridized carbons (Fsp3) is 0.400. The number of methoxy groups -OCH3 is 1. The Labute approximate surface area is 138 Å². The van der Waals surface area contributed by atoms with Gasteiger partial charge in [-0.05, 0) is 66.6 Å². The van der Waals surface area contributed by atoms with Crippen molar-refractivity contribution in [1.82, 2.24) is 0 Å². The molecular formula is C20H24N2O. The summed E-state index contributed by atoms with van der Waals surface area (Å²) in [5, 5.41) is 3.58. The maximum atomic E-state index is 5.37. The highest BCUT2D eigenvalue weighted by Gasteiger charge is 2.21. The van der Waals surface area contributed by atoms with E-state index < -0.39 is 0 Å². The monoisotopic (exact) mass is 308 g/mol. The van der Waals surface area contributed by atoms with Crippen LogP contribution < -0.4 is 15.0 Å². The van der Waals surface area contributed by atoms with Crippen LogP contribution in [0.3, 0.4) is 0 Å². The van der Waals surface area contributed by atoms with Crippen LogP contribution in [0.25, 0.3) is 0 Å². The number of benzene rings is 2. The van der Waals surface area contributed by atoms with Crippen molar-refractivity contribution in [2.75, 3.05) is 30.4 Å². The molecule has 3 heteroatoms. The van der Waals surface area contributed by atoms with Gasteiger partial charge >= 0.3 is 0 Å². The Morgan fingerprint density at radius 1 is 1.13 bits per heavy atom. The van der Waals surface area contributed by atoms with Gasteiger partial charge in [-0.2, -0.15) is 0 Å². The standard InChI is InChI=1S/C20H24N2O/c1-14-10-15(6-7-20(14)23-2)13-22-9-8-21-18-11-16-4-3-5-17(16)12-19(18)22/h6-7,10-12,21H,3-5,8-9,13H2,1-2H3. The van der Waals surface area contributed by atoms with E-state index in [1.807, 2.05) is 0 Å². The first kappa shape index (κ1) is 14.4. The summed E-state index contributed by atoms with van der Waals surface area (Å²) in [5.41, 5.74) is 8.31. The number of hydrogen-bond acceptors (Lipinski definition) is 3. The first-order valence-corrected chi connectivity index (χ1v) is 8.53. The average molecular weight is 308 g/mol. The normalized spacial score (nSPS) is 15.8. The second kappa shape index (κ2) is 5.80. The lowest BCUT2D eigenvalue weighted by molar-refractivity contribution is 0.411.